The van der Waals surface area contributed by atoms with Crippen LogP contribution in [0.1, 0.15) is 46.5 Å². The first-order valence-electron chi connectivity index (χ1n) is 8.21. The summed E-state index contributed by atoms with van der Waals surface area (Å²) in [6, 6.07) is 7.93. The van der Waals surface area contributed by atoms with Gasteiger partial charge in [-0.15, -0.1) is 0 Å². The summed E-state index contributed by atoms with van der Waals surface area (Å²) in [4.78, 5) is 12.6. The van der Waals surface area contributed by atoms with Crippen LogP contribution in [-0.2, 0) is 19.1 Å². The van der Waals surface area contributed by atoms with Gasteiger partial charge in [0.05, 0.1) is 4.90 Å². The lowest BCUT2D eigenvalue weighted by Gasteiger charge is -2.37. The predicted molar refractivity (Wildman–Crippen MR) is 89.5 cm³/mol. The molecule has 5 heteroatoms. The summed E-state index contributed by atoms with van der Waals surface area (Å²) >= 11 is 0. The Morgan fingerprint density at radius 3 is 2.26 bits per heavy atom. The van der Waals surface area contributed by atoms with Crippen LogP contribution in [-0.4, -0.2) is 20.8 Å². The first-order valence-corrected chi connectivity index (χ1v) is 9.62. The average molecular weight is 338 g/mol. The molecule has 1 aliphatic carbocycles. The molecule has 0 saturated heterocycles. The minimum atomic E-state index is -3.88. The molecule has 128 valence electrons. The van der Waals surface area contributed by atoms with Gasteiger partial charge in [0.25, 0.3) is 10.1 Å². The van der Waals surface area contributed by atoms with Crippen LogP contribution < -0.4 is 0 Å². The molecule has 1 aromatic rings. The summed E-state index contributed by atoms with van der Waals surface area (Å²) in [5.74, 6) is 0.873. The molecule has 0 aromatic heterocycles. The van der Waals surface area contributed by atoms with Crippen LogP contribution in [0.25, 0.3) is 0 Å². The lowest BCUT2D eigenvalue weighted by Crippen LogP contribution is -2.38. The molecule has 0 atom stereocenters. The van der Waals surface area contributed by atoms with Crippen molar-refractivity contribution in [2.24, 2.45) is 17.3 Å². The number of carbonyl (C=O) groups excluding carboxylic acids is 1. The SMILES string of the molecule is CC1CCC(C(C)(C)C(=O)COS(=O)(=O)c2ccccc2)CC1. The van der Waals surface area contributed by atoms with Crippen molar-refractivity contribution in [3.8, 4) is 0 Å². The molecular formula is C18H26O4S. The van der Waals surface area contributed by atoms with E-state index in [-0.39, 0.29) is 10.7 Å². The number of hydrogen-bond donors (Lipinski definition) is 0. The Morgan fingerprint density at radius 2 is 1.70 bits per heavy atom. The van der Waals surface area contributed by atoms with E-state index in [9.17, 15) is 13.2 Å². The molecule has 0 unspecified atom stereocenters. The second kappa shape index (κ2) is 7.14. The van der Waals surface area contributed by atoms with Crippen molar-refractivity contribution in [2.45, 2.75) is 51.3 Å². The molecule has 4 nitrogen and oxygen atoms in total. The predicted octanol–water partition coefficient (Wildman–Crippen LogP) is 3.81. The van der Waals surface area contributed by atoms with Crippen LogP contribution in [0.2, 0.25) is 0 Å². The summed E-state index contributed by atoms with van der Waals surface area (Å²) in [6.07, 6.45) is 4.30. The summed E-state index contributed by atoms with van der Waals surface area (Å²) in [6.45, 7) is 5.67. The maximum Gasteiger partial charge on any atom is 0.297 e. The van der Waals surface area contributed by atoms with Gasteiger partial charge in [-0.2, -0.15) is 8.42 Å². The molecule has 1 saturated carbocycles. The van der Waals surface area contributed by atoms with Crippen molar-refractivity contribution in [1.29, 1.82) is 0 Å². The van der Waals surface area contributed by atoms with Gasteiger partial charge in [-0.05, 0) is 36.8 Å². The molecule has 2 rings (SSSR count). The molecule has 0 heterocycles. The quantitative estimate of drug-likeness (QED) is 0.740. The van der Waals surface area contributed by atoms with Gasteiger partial charge in [-0.3, -0.25) is 8.98 Å². The first kappa shape index (κ1) is 18.1. The van der Waals surface area contributed by atoms with Crippen LogP contribution in [0.5, 0.6) is 0 Å². The third-order valence-corrected chi connectivity index (χ3v) is 6.41. The second-order valence-corrected chi connectivity index (χ2v) is 8.75. The van der Waals surface area contributed by atoms with Gasteiger partial charge in [0.15, 0.2) is 5.78 Å². The second-order valence-electron chi connectivity index (χ2n) is 7.13. The highest BCUT2D eigenvalue weighted by Crippen LogP contribution is 2.40. The van der Waals surface area contributed by atoms with E-state index in [1.54, 1.807) is 18.2 Å². The van der Waals surface area contributed by atoms with Gasteiger partial charge in [-0.1, -0.05) is 51.8 Å². The summed E-state index contributed by atoms with van der Waals surface area (Å²) in [7, 11) is -3.88. The molecule has 0 aliphatic heterocycles. The Labute approximate surface area is 139 Å². The van der Waals surface area contributed by atoms with Gasteiger partial charge >= 0.3 is 0 Å². The van der Waals surface area contributed by atoms with Crippen molar-refractivity contribution < 1.29 is 17.4 Å². The lowest BCUT2D eigenvalue weighted by molar-refractivity contribution is -0.132. The normalized spacial score (nSPS) is 22.7. The van der Waals surface area contributed by atoms with E-state index < -0.39 is 22.1 Å². The molecule has 0 amide bonds. The summed E-state index contributed by atoms with van der Waals surface area (Å²) in [5, 5.41) is 0. The fraction of sp³-hybridized carbons (Fsp3) is 0.611. The molecule has 0 radical (unpaired) electrons. The molecule has 1 aromatic carbocycles. The number of carbonyl (C=O) groups is 1. The lowest BCUT2D eigenvalue weighted by atomic mass is 9.67. The van der Waals surface area contributed by atoms with E-state index in [2.05, 4.69) is 6.92 Å². The summed E-state index contributed by atoms with van der Waals surface area (Å²) < 4.78 is 29.2. The zero-order valence-corrected chi connectivity index (χ0v) is 14.9. The molecule has 23 heavy (non-hydrogen) atoms. The molecule has 0 spiro atoms. The highest BCUT2D eigenvalue weighted by atomic mass is 32.2. The van der Waals surface area contributed by atoms with Crippen molar-refractivity contribution in [3.63, 3.8) is 0 Å². The Balaban J connectivity index is 1.98. The molecule has 1 aliphatic rings. The number of hydrogen-bond acceptors (Lipinski definition) is 4. The largest absolute Gasteiger partial charge is 0.297 e. The topological polar surface area (TPSA) is 60.4 Å². The van der Waals surface area contributed by atoms with Gasteiger partial charge in [-0.25, -0.2) is 0 Å². The number of rotatable bonds is 6. The molecule has 0 N–H and O–H groups in total. The Morgan fingerprint density at radius 1 is 1.13 bits per heavy atom. The van der Waals surface area contributed by atoms with Gasteiger partial charge in [0.1, 0.15) is 6.61 Å². The molecule has 1 fully saturated rings. The Kier molecular flexibility index (Phi) is 5.63. The van der Waals surface area contributed by atoms with E-state index >= 15 is 0 Å². The van der Waals surface area contributed by atoms with Crippen LogP contribution in [0.15, 0.2) is 35.2 Å². The van der Waals surface area contributed by atoms with E-state index in [0.29, 0.717) is 11.8 Å². The average Bonchev–Trinajstić information content (AvgIpc) is 2.54. The molecule has 0 bridgehead atoms. The van der Waals surface area contributed by atoms with E-state index in [0.717, 1.165) is 25.7 Å². The van der Waals surface area contributed by atoms with Crippen molar-refractivity contribution in [1.82, 2.24) is 0 Å². The van der Waals surface area contributed by atoms with Gasteiger partial charge in [0, 0.05) is 5.41 Å². The minimum absolute atomic E-state index is 0.0806. The van der Waals surface area contributed by atoms with Crippen LogP contribution in [0.3, 0.4) is 0 Å². The van der Waals surface area contributed by atoms with Crippen LogP contribution in [0.4, 0.5) is 0 Å². The minimum Gasteiger partial charge on any atom is -0.296 e. The standard InChI is InChI=1S/C18H26O4S/c1-14-9-11-15(12-10-14)18(2,3)17(19)13-22-23(20,21)16-7-5-4-6-8-16/h4-8,14-15H,9-13H2,1-3H3. The smallest absolute Gasteiger partial charge is 0.296 e. The highest BCUT2D eigenvalue weighted by molar-refractivity contribution is 7.86. The van der Waals surface area contributed by atoms with E-state index in [4.69, 9.17) is 4.18 Å². The maximum absolute atomic E-state index is 12.5. The van der Waals surface area contributed by atoms with Gasteiger partial charge < -0.3 is 0 Å². The number of Topliss-reactive ketones (excluding diaryl/α,β-unsaturated/α-hetero) is 1. The fourth-order valence-electron chi connectivity index (χ4n) is 3.18. The zero-order valence-electron chi connectivity index (χ0n) is 14.1. The van der Waals surface area contributed by atoms with E-state index in [1.807, 2.05) is 13.8 Å². The maximum atomic E-state index is 12.5. The van der Waals surface area contributed by atoms with Crippen molar-refractivity contribution in [2.75, 3.05) is 6.61 Å². The number of benzene rings is 1. The Hall–Kier alpha value is -1.20. The number of ketones is 1. The highest BCUT2D eigenvalue weighted by Gasteiger charge is 2.38. The monoisotopic (exact) mass is 338 g/mol. The third-order valence-electron chi connectivity index (χ3n) is 5.13. The van der Waals surface area contributed by atoms with Crippen molar-refractivity contribution in [3.05, 3.63) is 30.3 Å². The zero-order chi connectivity index (χ0) is 17.1. The van der Waals surface area contributed by atoms with Crippen LogP contribution >= 0.6 is 0 Å². The summed E-state index contributed by atoms with van der Waals surface area (Å²) in [5.41, 5.74) is -0.549. The van der Waals surface area contributed by atoms with E-state index in [1.165, 1.54) is 12.1 Å². The fourth-order valence-corrected chi connectivity index (χ4v) is 4.07. The Bertz CT molecular complexity index is 626. The first-order chi connectivity index (χ1) is 10.7. The molecular weight excluding hydrogens is 312 g/mol. The van der Waals surface area contributed by atoms with Crippen LogP contribution in [0, 0.1) is 17.3 Å². The van der Waals surface area contributed by atoms with Gasteiger partial charge in [0.2, 0.25) is 0 Å². The van der Waals surface area contributed by atoms with Crippen molar-refractivity contribution >= 4 is 15.9 Å². The third kappa shape index (κ3) is 4.42.